The highest BCUT2D eigenvalue weighted by atomic mass is 35.5. The lowest BCUT2D eigenvalue weighted by molar-refractivity contribution is 1.00. The Morgan fingerprint density at radius 1 is 1.12 bits per heavy atom. The minimum atomic E-state index is 0.110. The van der Waals surface area contributed by atoms with Crippen LogP contribution in [0.4, 0.5) is 11.4 Å². The van der Waals surface area contributed by atoms with Crippen molar-refractivity contribution in [2.45, 2.75) is 8.42 Å². The summed E-state index contributed by atoms with van der Waals surface area (Å²) in [4.78, 5) is 13.9. The number of hydrogen-bond acceptors (Lipinski definition) is 8. The zero-order valence-electron chi connectivity index (χ0n) is 8.10. The number of fused-ring (bicyclic) bond motifs is 2. The quantitative estimate of drug-likeness (QED) is 0.434. The molecule has 0 spiro atoms. The fourth-order valence-corrected chi connectivity index (χ4v) is 8.87. The minimum Gasteiger partial charge on any atom is -0.331 e. The summed E-state index contributed by atoms with van der Waals surface area (Å²) < 4.78 is 3.22. The molecule has 1 aliphatic heterocycles. The van der Waals surface area contributed by atoms with Gasteiger partial charge in [0.15, 0.2) is 0 Å². The second-order valence-electron chi connectivity index (χ2n) is 3.12. The van der Waals surface area contributed by atoms with E-state index in [1.165, 1.54) is 24.9 Å². The molecule has 1 aliphatic rings. The van der Waals surface area contributed by atoms with Crippen molar-refractivity contribution >= 4 is 88.3 Å². The largest absolute Gasteiger partial charge is 0.331 e. The van der Waals surface area contributed by atoms with Gasteiger partial charge in [-0.15, -0.1) is 11.6 Å². The van der Waals surface area contributed by atoms with Crippen LogP contribution in [-0.2, 0) is 0 Å². The average molecular weight is 358 g/mol. The van der Waals surface area contributed by atoms with Gasteiger partial charge in [0, 0.05) is 12.4 Å². The molecule has 17 heavy (non-hydrogen) atoms. The van der Waals surface area contributed by atoms with E-state index in [-0.39, 0.29) is 4.74 Å². The Hall–Kier alpha value is 0.560. The van der Waals surface area contributed by atoms with E-state index in [9.17, 15) is 4.79 Å². The summed E-state index contributed by atoms with van der Waals surface area (Å²) in [5.41, 5.74) is 1.78. The van der Waals surface area contributed by atoms with Gasteiger partial charge in [0.25, 0.3) is 4.74 Å². The van der Waals surface area contributed by atoms with Crippen molar-refractivity contribution in [2.24, 2.45) is 0 Å². The van der Waals surface area contributed by atoms with Gasteiger partial charge in [-0.25, -0.2) is 0 Å². The highest BCUT2D eigenvalue weighted by Gasteiger charge is 2.30. The van der Waals surface area contributed by atoms with Gasteiger partial charge in [-0.1, -0.05) is 55.0 Å². The second-order valence-corrected chi connectivity index (χ2v) is 9.97. The Balaban J connectivity index is 2.24. The minimum absolute atomic E-state index is 0.110. The smallest absolute Gasteiger partial charge is 0.267 e. The molecule has 2 aromatic rings. The number of anilines is 2. The molecule has 2 aromatic heterocycles. The number of halogens is 1. The number of rotatable bonds is 2. The maximum atomic E-state index is 11.9. The van der Waals surface area contributed by atoms with Crippen molar-refractivity contribution in [3.8, 4) is 0 Å². The van der Waals surface area contributed by atoms with Gasteiger partial charge in [-0.05, 0) is 10.3 Å². The van der Waals surface area contributed by atoms with Crippen LogP contribution in [0.5, 0.6) is 0 Å². The molecular weight excluding hydrogens is 354 g/mol. The molecule has 3 heterocycles. The molecule has 9 heteroatoms. The first-order valence-corrected chi connectivity index (χ1v) is 10.6. The third-order valence-electron chi connectivity index (χ3n) is 2.19. The molecule has 2 nitrogen and oxygen atoms in total. The molecule has 90 valence electrons. The molecule has 0 radical (unpaired) electrons. The van der Waals surface area contributed by atoms with Crippen LogP contribution in [0.3, 0.4) is 0 Å². The van der Waals surface area contributed by atoms with Crippen molar-refractivity contribution in [3.05, 3.63) is 13.4 Å². The van der Waals surface area contributed by atoms with Gasteiger partial charge >= 0.3 is 0 Å². The monoisotopic (exact) mass is 357 g/mol. The molecule has 3 rings (SSSR count). The number of alkyl halides is 1. The lowest BCUT2D eigenvalue weighted by Gasteiger charge is -2.26. The number of hydrogen-bond donors (Lipinski definition) is 0. The Labute approximate surface area is 126 Å². The van der Waals surface area contributed by atoms with E-state index in [1.807, 2.05) is 4.90 Å². The molecule has 0 amide bonds. The van der Waals surface area contributed by atoms with E-state index in [1.54, 1.807) is 32.4 Å². The van der Waals surface area contributed by atoms with Crippen molar-refractivity contribution in [2.75, 3.05) is 17.3 Å². The van der Waals surface area contributed by atoms with Crippen LogP contribution < -0.4 is 9.64 Å². The van der Waals surface area contributed by atoms with Crippen molar-refractivity contribution in [1.29, 1.82) is 0 Å². The predicted octanol–water partition coefficient (Wildman–Crippen LogP) is 4.86. The highest BCUT2D eigenvalue weighted by molar-refractivity contribution is 8.06. The maximum absolute atomic E-state index is 11.9. The van der Waals surface area contributed by atoms with Gasteiger partial charge in [0.1, 0.15) is 17.9 Å². The van der Waals surface area contributed by atoms with E-state index in [4.69, 9.17) is 23.8 Å². The summed E-state index contributed by atoms with van der Waals surface area (Å²) in [7, 11) is 6.09. The standard InChI is InChI=1S/C8H4ClNOS6/c9-1-2-10-3-5(11)14-16-7(3)13-8-4(10)6(12)15-17-8/h1-2H2. The summed E-state index contributed by atoms with van der Waals surface area (Å²) in [5.74, 6) is 0.485. The first-order valence-electron chi connectivity index (χ1n) is 4.50. The zero-order valence-corrected chi connectivity index (χ0v) is 13.8. The zero-order chi connectivity index (χ0) is 12.0. The molecule has 0 aromatic carbocycles. The Morgan fingerprint density at radius 3 is 2.59 bits per heavy atom. The SMILES string of the molecule is O=c1ssc2c1N(CCCl)c1c(ssc1=S)S2. The van der Waals surface area contributed by atoms with Crippen LogP contribution in [0.25, 0.3) is 0 Å². The van der Waals surface area contributed by atoms with Gasteiger partial charge in [-0.3, -0.25) is 4.79 Å². The van der Waals surface area contributed by atoms with Crippen LogP contribution in [-0.4, -0.2) is 12.4 Å². The molecule has 0 unspecified atom stereocenters. The summed E-state index contributed by atoms with van der Waals surface area (Å²) in [6.45, 7) is 0.633. The average Bonchev–Trinajstić information content (AvgIpc) is 2.85. The fourth-order valence-electron chi connectivity index (χ4n) is 1.55. The first kappa shape index (κ1) is 12.6. The molecule has 0 fully saturated rings. The van der Waals surface area contributed by atoms with E-state index in [0.717, 1.165) is 19.4 Å². The van der Waals surface area contributed by atoms with Crippen LogP contribution in [0.1, 0.15) is 0 Å². The highest BCUT2D eigenvalue weighted by Crippen LogP contribution is 2.54. The lowest BCUT2D eigenvalue weighted by atomic mass is 10.4. The molecule has 0 atom stereocenters. The van der Waals surface area contributed by atoms with E-state index in [2.05, 4.69) is 0 Å². The molecule has 0 saturated heterocycles. The normalized spacial score (nSPS) is 13.6. The summed E-state index contributed by atoms with van der Waals surface area (Å²) >= 11 is 12.8. The Morgan fingerprint density at radius 2 is 1.82 bits per heavy atom. The Bertz CT molecular complexity index is 612. The fraction of sp³-hybridized carbons (Fsp3) is 0.250. The third kappa shape index (κ3) is 2.03. The molecule has 0 bridgehead atoms. The van der Waals surface area contributed by atoms with E-state index < -0.39 is 0 Å². The molecule has 0 saturated carbocycles. The van der Waals surface area contributed by atoms with E-state index >= 15 is 0 Å². The first-order chi connectivity index (χ1) is 8.22. The number of nitrogens with zero attached hydrogens (tertiary/aromatic N) is 1. The van der Waals surface area contributed by atoms with Crippen molar-refractivity contribution in [1.82, 2.24) is 0 Å². The summed E-state index contributed by atoms with van der Waals surface area (Å²) in [6.07, 6.45) is 0. The van der Waals surface area contributed by atoms with Crippen molar-refractivity contribution < 1.29 is 0 Å². The van der Waals surface area contributed by atoms with E-state index in [0.29, 0.717) is 12.4 Å². The van der Waals surface area contributed by atoms with Gasteiger partial charge in [-0.2, -0.15) is 0 Å². The maximum Gasteiger partial charge on any atom is 0.267 e. The molecule has 0 aliphatic carbocycles. The van der Waals surface area contributed by atoms with Crippen LogP contribution in [0, 0.1) is 3.82 Å². The molecule has 0 N–H and O–H groups in total. The molecular formula is C8H4ClNOS6. The summed E-state index contributed by atoms with van der Waals surface area (Å²) in [6, 6.07) is 0. The Kier molecular flexibility index (Phi) is 3.64. The van der Waals surface area contributed by atoms with Crippen LogP contribution >= 0.6 is 76.9 Å². The van der Waals surface area contributed by atoms with Crippen LogP contribution in [0.2, 0.25) is 0 Å². The summed E-state index contributed by atoms with van der Waals surface area (Å²) in [5, 5.41) is 0. The topological polar surface area (TPSA) is 20.3 Å². The third-order valence-corrected chi connectivity index (χ3v) is 9.51. The lowest BCUT2D eigenvalue weighted by Crippen LogP contribution is -2.25. The van der Waals surface area contributed by atoms with Crippen molar-refractivity contribution in [3.63, 3.8) is 0 Å². The van der Waals surface area contributed by atoms with Gasteiger partial charge < -0.3 is 4.90 Å². The van der Waals surface area contributed by atoms with Gasteiger partial charge in [0.2, 0.25) is 0 Å². The van der Waals surface area contributed by atoms with Crippen LogP contribution in [0.15, 0.2) is 13.2 Å². The predicted molar refractivity (Wildman–Crippen MR) is 83.3 cm³/mol. The van der Waals surface area contributed by atoms with Gasteiger partial charge in [0.05, 0.1) is 5.69 Å². The second kappa shape index (κ2) is 4.92.